The molecule has 6 nitrogen and oxygen atoms in total. The van der Waals surface area contributed by atoms with Crippen molar-refractivity contribution in [2.75, 3.05) is 31.1 Å². The van der Waals surface area contributed by atoms with E-state index >= 15 is 0 Å². The average molecular weight is 241 g/mol. The third kappa shape index (κ3) is 2.30. The molecule has 16 heavy (non-hydrogen) atoms. The molecule has 1 aromatic rings. The van der Waals surface area contributed by atoms with Gasteiger partial charge >= 0.3 is 0 Å². The summed E-state index contributed by atoms with van der Waals surface area (Å²) in [5, 5.41) is 9.83. The molecule has 7 heteroatoms. The molecule has 1 fully saturated rings. The van der Waals surface area contributed by atoms with E-state index < -0.39 is 0 Å². The minimum absolute atomic E-state index is 0.138. The van der Waals surface area contributed by atoms with Gasteiger partial charge in [-0.15, -0.1) is 10.2 Å². The summed E-state index contributed by atoms with van der Waals surface area (Å²) >= 11 is 1.52. The largest absolute Gasteiger partial charge is 0.343 e. The van der Waals surface area contributed by atoms with E-state index in [-0.39, 0.29) is 5.91 Å². The van der Waals surface area contributed by atoms with Gasteiger partial charge in [0.2, 0.25) is 11.0 Å². The Bertz CT molecular complexity index is 372. The molecule has 2 rings (SSSR count). The Morgan fingerprint density at radius 2 is 2.06 bits per heavy atom. The zero-order chi connectivity index (χ0) is 11.5. The zero-order valence-electron chi connectivity index (χ0n) is 9.22. The van der Waals surface area contributed by atoms with Crippen LogP contribution in [0.1, 0.15) is 11.9 Å². The minimum atomic E-state index is 0.138. The lowest BCUT2D eigenvalue weighted by Crippen LogP contribution is -2.48. The number of hydrogen-bond acceptors (Lipinski definition) is 6. The molecule has 0 aliphatic carbocycles. The lowest BCUT2D eigenvalue weighted by atomic mass is 10.3. The first-order valence-electron chi connectivity index (χ1n) is 5.23. The van der Waals surface area contributed by atoms with Crippen molar-refractivity contribution < 1.29 is 4.79 Å². The van der Waals surface area contributed by atoms with Crippen LogP contribution in [0, 0.1) is 0 Å². The summed E-state index contributed by atoms with van der Waals surface area (Å²) < 4.78 is 0. The Morgan fingerprint density at radius 1 is 1.38 bits per heavy atom. The van der Waals surface area contributed by atoms with Crippen molar-refractivity contribution >= 4 is 22.4 Å². The molecule has 2 heterocycles. The van der Waals surface area contributed by atoms with Gasteiger partial charge in [-0.25, -0.2) is 0 Å². The van der Waals surface area contributed by atoms with Gasteiger partial charge in [-0.3, -0.25) is 4.79 Å². The zero-order valence-corrected chi connectivity index (χ0v) is 10.0. The third-order valence-electron chi connectivity index (χ3n) is 2.63. The van der Waals surface area contributed by atoms with Crippen molar-refractivity contribution in [2.24, 2.45) is 5.73 Å². The SMILES string of the molecule is CC(=O)N1CCN(c2nnc(CN)s2)CC1. The van der Waals surface area contributed by atoms with Gasteiger partial charge in [0, 0.05) is 39.6 Å². The number of amides is 1. The van der Waals surface area contributed by atoms with Crippen LogP contribution in [0.25, 0.3) is 0 Å². The second kappa shape index (κ2) is 4.75. The molecule has 0 saturated carbocycles. The number of hydrogen-bond donors (Lipinski definition) is 1. The van der Waals surface area contributed by atoms with Crippen molar-refractivity contribution in [3.8, 4) is 0 Å². The Balaban J connectivity index is 1.96. The molecule has 0 radical (unpaired) electrons. The number of nitrogens with zero attached hydrogens (tertiary/aromatic N) is 4. The maximum atomic E-state index is 11.2. The van der Waals surface area contributed by atoms with Crippen LogP contribution < -0.4 is 10.6 Å². The summed E-state index contributed by atoms with van der Waals surface area (Å²) in [4.78, 5) is 15.2. The van der Waals surface area contributed by atoms with Gasteiger partial charge in [0.1, 0.15) is 5.01 Å². The monoisotopic (exact) mass is 241 g/mol. The van der Waals surface area contributed by atoms with Crippen LogP contribution in [0.5, 0.6) is 0 Å². The molecular formula is C9H15N5OS. The molecule has 0 spiro atoms. The van der Waals surface area contributed by atoms with Gasteiger partial charge in [0.25, 0.3) is 0 Å². The van der Waals surface area contributed by atoms with Gasteiger partial charge in [0.05, 0.1) is 0 Å². The highest BCUT2D eigenvalue weighted by Crippen LogP contribution is 2.21. The summed E-state index contributed by atoms with van der Waals surface area (Å²) in [6.45, 7) is 5.19. The van der Waals surface area contributed by atoms with Crippen molar-refractivity contribution in [2.45, 2.75) is 13.5 Å². The molecule has 1 amide bonds. The summed E-state index contributed by atoms with van der Waals surface area (Å²) in [6, 6.07) is 0. The standard InChI is InChI=1S/C9H15N5OS/c1-7(15)13-2-4-14(5-3-13)9-12-11-8(6-10)16-9/h2-6,10H2,1H3. The molecule has 1 aliphatic heterocycles. The molecule has 0 unspecified atom stereocenters. The lowest BCUT2D eigenvalue weighted by Gasteiger charge is -2.33. The first kappa shape index (κ1) is 11.3. The highest BCUT2D eigenvalue weighted by Gasteiger charge is 2.20. The number of anilines is 1. The van der Waals surface area contributed by atoms with Crippen LogP contribution in [-0.2, 0) is 11.3 Å². The number of carbonyl (C=O) groups excluding carboxylic acids is 1. The first-order chi connectivity index (χ1) is 7.70. The molecule has 2 N–H and O–H groups in total. The van der Waals surface area contributed by atoms with E-state index in [1.807, 2.05) is 4.90 Å². The van der Waals surface area contributed by atoms with Crippen molar-refractivity contribution in [3.63, 3.8) is 0 Å². The predicted molar refractivity (Wildman–Crippen MR) is 62.3 cm³/mol. The summed E-state index contributed by atoms with van der Waals surface area (Å²) in [5.41, 5.74) is 5.49. The molecule has 88 valence electrons. The lowest BCUT2D eigenvalue weighted by molar-refractivity contribution is -0.129. The molecule has 1 aromatic heterocycles. The van der Waals surface area contributed by atoms with E-state index in [0.29, 0.717) is 6.54 Å². The Kier molecular flexibility index (Phi) is 3.35. The summed E-state index contributed by atoms with van der Waals surface area (Å²) in [6.07, 6.45) is 0. The van der Waals surface area contributed by atoms with E-state index in [9.17, 15) is 4.79 Å². The minimum Gasteiger partial charge on any atom is -0.343 e. The molecule has 0 aromatic carbocycles. The van der Waals surface area contributed by atoms with E-state index in [1.54, 1.807) is 6.92 Å². The average Bonchev–Trinajstić information content (AvgIpc) is 2.77. The molecule has 0 bridgehead atoms. The second-order valence-corrected chi connectivity index (χ2v) is 4.72. The number of aromatic nitrogens is 2. The Labute approximate surface area is 98.0 Å². The van der Waals surface area contributed by atoms with Gasteiger partial charge < -0.3 is 15.5 Å². The smallest absolute Gasteiger partial charge is 0.219 e. The van der Waals surface area contributed by atoms with Crippen LogP contribution in [0.4, 0.5) is 5.13 Å². The normalized spacial score (nSPS) is 16.6. The van der Waals surface area contributed by atoms with Gasteiger partial charge in [-0.05, 0) is 0 Å². The van der Waals surface area contributed by atoms with E-state index in [0.717, 1.165) is 36.3 Å². The van der Waals surface area contributed by atoms with E-state index in [2.05, 4.69) is 15.1 Å². The Morgan fingerprint density at radius 3 is 2.56 bits per heavy atom. The van der Waals surface area contributed by atoms with E-state index in [1.165, 1.54) is 11.3 Å². The molecular weight excluding hydrogens is 226 g/mol. The van der Waals surface area contributed by atoms with Crippen LogP contribution in [0.3, 0.4) is 0 Å². The number of rotatable bonds is 2. The molecule has 1 saturated heterocycles. The van der Waals surface area contributed by atoms with Crippen LogP contribution >= 0.6 is 11.3 Å². The number of carbonyl (C=O) groups is 1. The highest BCUT2D eigenvalue weighted by molar-refractivity contribution is 7.15. The van der Waals surface area contributed by atoms with Crippen molar-refractivity contribution in [1.82, 2.24) is 15.1 Å². The number of nitrogens with two attached hydrogens (primary N) is 1. The van der Waals surface area contributed by atoms with Crippen LogP contribution in [0.15, 0.2) is 0 Å². The summed E-state index contributed by atoms with van der Waals surface area (Å²) in [5.74, 6) is 0.138. The highest BCUT2D eigenvalue weighted by atomic mass is 32.1. The maximum Gasteiger partial charge on any atom is 0.219 e. The Hall–Kier alpha value is -1.21. The van der Waals surface area contributed by atoms with Gasteiger partial charge in [-0.2, -0.15) is 0 Å². The molecule has 1 aliphatic rings. The number of piperazine rings is 1. The first-order valence-corrected chi connectivity index (χ1v) is 6.05. The summed E-state index contributed by atoms with van der Waals surface area (Å²) in [7, 11) is 0. The van der Waals surface area contributed by atoms with Gasteiger partial charge in [-0.1, -0.05) is 11.3 Å². The fraction of sp³-hybridized carbons (Fsp3) is 0.667. The maximum absolute atomic E-state index is 11.2. The fourth-order valence-corrected chi connectivity index (χ4v) is 2.44. The van der Waals surface area contributed by atoms with Crippen LogP contribution in [-0.4, -0.2) is 47.2 Å². The quantitative estimate of drug-likeness (QED) is 0.767. The second-order valence-electron chi connectivity index (χ2n) is 3.68. The molecule has 0 atom stereocenters. The van der Waals surface area contributed by atoms with Gasteiger partial charge in [0.15, 0.2) is 0 Å². The fourth-order valence-electron chi connectivity index (χ4n) is 1.67. The third-order valence-corrected chi connectivity index (χ3v) is 3.63. The van der Waals surface area contributed by atoms with Crippen LogP contribution in [0.2, 0.25) is 0 Å². The predicted octanol–water partition coefficient (Wildman–Crippen LogP) is -0.335. The topological polar surface area (TPSA) is 75.4 Å². The van der Waals surface area contributed by atoms with Crippen molar-refractivity contribution in [3.05, 3.63) is 5.01 Å². The van der Waals surface area contributed by atoms with Crippen molar-refractivity contribution in [1.29, 1.82) is 0 Å². The van der Waals surface area contributed by atoms with E-state index in [4.69, 9.17) is 5.73 Å².